The lowest BCUT2D eigenvalue weighted by molar-refractivity contribution is -0.115. The Morgan fingerprint density at radius 3 is 2.62 bits per heavy atom. The number of carbonyl (C=O) groups excluding carboxylic acids is 1. The molecule has 0 aliphatic rings. The van der Waals surface area contributed by atoms with Gasteiger partial charge in [-0.3, -0.25) is 14.6 Å². The third kappa shape index (κ3) is 3.89. The van der Waals surface area contributed by atoms with Gasteiger partial charge in [-0.2, -0.15) is 0 Å². The molecule has 3 N–H and O–H groups in total. The number of hydrogen-bond donors (Lipinski definition) is 3. The van der Waals surface area contributed by atoms with Gasteiger partial charge in [-0.25, -0.2) is 9.78 Å². The molecule has 0 unspecified atom stereocenters. The second-order valence-electron chi connectivity index (χ2n) is 5.50. The van der Waals surface area contributed by atoms with Crippen molar-refractivity contribution in [2.45, 2.75) is 13.3 Å². The van der Waals surface area contributed by atoms with E-state index in [0.29, 0.717) is 10.8 Å². The Hall–Kier alpha value is -3.20. The highest BCUT2D eigenvalue weighted by Crippen LogP contribution is 2.26. The highest BCUT2D eigenvalue weighted by Gasteiger charge is 2.13. The average molecular weight is 372 g/mol. The van der Waals surface area contributed by atoms with Crippen molar-refractivity contribution in [1.82, 2.24) is 15.0 Å². The summed E-state index contributed by atoms with van der Waals surface area (Å²) in [6.07, 6.45) is -0.157. The zero-order valence-corrected chi connectivity index (χ0v) is 14.9. The lowest BCUT2D eigenvalue weighted by Crippen LogP contribution is -2.29. The van der Waals surface area contributed by atoms with Gasteiger partial charge in [-0.05, 0) is 31.2 Å². The van der Waals surface area contributed by atoms with E-state index in [2.05, 4.69) is 20.3 Å². The van der Waals surface area contributed by atoms with Gasteiger partial charge in [0.05, 0.1) is 19.2 Å². The van der Waals surface area contributed by atoms with Crippen LogP contribution in [0.2, 0.25) is 0 Å². The fraction of sp³-hybridized carbons (Fsp3) is 0.176. The Morgan fingerprint density at radius 1 is 1.23 bits per heavy atom. The number of H-pyrrole nitrogens is 2. The smallest absolute Gasteiger partial charge is 0.325 e. The molecule has 0 saturated carbocycles. The van der Waals surface area contributed by atoms with Crippen molar-refractivity contribution >= 4 is 22.4 Å². The van der Waals surface area contributed by atoms with E-state index in [0.717, 1.165) is 17.0 Å². The number of aryl methyl sites for hydroxylation is 1. The van der Waals surface area contributed by atoms with E-state index in [1.54, 1.807) is 14.0 Å². The molecule has 0 bridgehead atoms. The summed E-state index contributed by atoms with van der Waals surface area (Å²) in [6, 6.07) is 7.42. The maximum Gasteiger partial charge on any atom is 0.325 e. The number of nitrogens with zero attached hydrogens (tertiary/aromatic N) is 1. The van der Waals surface area contributed by atoms with Gasteiger partial charge in [-0.1, -0.05) is 0 Å². The van der Waals surface area contributed by atoms with Gasteiger partial charge in [0, 0.05) is 22.2 Å². The van der Waals surface area contributed by atoms with Crippen molar-refractivity contribution in [3.05, 3.63) is 61.7 Å². The molecular weight excluding hydrogens is 356 g/mol. The molecule has 0 spiro atoms. The van der Waals surface area contributed by atoms with E-state index in [4.69, 9.17) is 4.74 Å². The predicted molar refractivity (Wildman–Crippen MR) is 98.9 cm³/mol. The monoisotopic (exact) mass is 372 g/mol. The summed E-state index contributed by atoms with van der Waals surface area (Å²) >= 11 is 1.29. The fourth-order valence-corrected chi connectivity index (χ4v) is 3.12. The molecule has 26 heavy (non-hydrogen) atoms. The second kappa shape index (κ2) is 7.36. The number of hydrogen-bond acceptors (Lipinski definition) is 6. The van der Waals surface area contributed by atoms with Crippen LogP contribution in [0, 0.1) is 6.92 Å². The highest BCUT2D eigenvalue weighted by molar-refractivity contribution is 7.14. The van der Waals surface area contributed by atoms with Gasteiger partial charge >= 0.3 is 5.69 Å². The number of ether oxygens (including phenoxy) is 1. The third-order valence-corrected chi connectivity index (χ3v) is 4.49. The van der Waals surface area contributed by atoms with E-state index in [1.165, 1.54) is 11.3 Å². The number of aromatic nitrogens is 3. The molecule has 2 aromatic heterocycles. The maximum atomic E-state index is 12.2. The Morgan fingerprint density at radius 2 is 1.96 bits per heavy atom. The van der Waals surface area contributed by atoms with Gasteiger partial charge in [0.15, 0.2) is 5.13 Å². The predicted octanol–water partition coefficient (Wildman–Crippen LogP) is 1.68. The number of rotatable bonds is 5. The Labute approximate surface area is 151 Å². The Bertz CT molecular complexity index is 1050. The summed E-state index contributed by atoms with van der Waals surface area (Å²) in [6.45, 7) is 1.57. The summed E-state index contributed by atoms with van der Waals surface area (Å²) in [5.41, 5.74) is 1.04. The standard InChI is InChI=1S/C17H16N4O4S/c1-9-12(15(23)21-16(24)18-9)7-14(22)20-17-19-13(8-26-17)10-3-5-11(25-2)6-4-10/h3-6,8H,7H2,1-2H3,(H,19,20,22)(H2,18,21,23,24). The molecular formula is C17H16N4O4S. The minimum Gasteiger partial charge on any atom is -0.497 e. The first-order valence-corrected chi connectivity index (χ1v) is 8.56. The number of amides is 1. The largest absolute Gasteiger partial charge is 0.497 e. The van der Waals surface area contributed by atoms with Crippen molar-refractivity contribution in [2.75, 3.05) is 12.4 Å². The van der Waals surface area contributed by atoms with Crippen LogP contribution in [-0.4, -0.2) is 28.0 Å². The van der Waals surface area contributed by atoms with E-state index in [1.807, 2.05) is 29.6 Å². The molecule has 134 valence electrons. The van der Waals surface area contributed by atoms with Crippen LogP contribution >= 0.6 is 11.3 Å². The topological polar surface area (TPSA) is 117 Å². The van der Waals surface area contributed by atoms with Gasteiger partial charge in [0.25, 0.3) is 5.56 Å². The molecule has 0 aliphatic heterocycles. The quantitative estimate of drug-likeness (QED) is 0.630. The fourth-order valence-electron chi connectivity index (χ4n) is 2.39. The molecule has 1 aromatic carbocycles. The summed E-state index contributed by atoms with van der Waals surface area (Å²) in [4.78, 5) is 44.2. The van der Waals surface area contributed by atoms with Crippen molar-refractivity contribution in [3.63, 3.8) is 0 Å². The van der Waals surface area contributed by atoms with Gasteiger partial charge < -0.3 is 15.0 Å². The Balaban J connectivity index is 1.72. The minimum atomic E-state index is -0.597. The third-order valence-electron chi connectivity index (χ3n) is 3.73. The van der Waals surface area contributed by atoms with E-state index in [-0.39, 0.29) is 17.9 Å². The van der Waals surface area contributed by atoms with Crippen molar-refractivity contribution in [1.29, 1.82) is 0 Å². The molecule has 0 atom stereocenters. The normalized spacial score (nSPS) is 10.5. The van der Waals surface area contributed by atoms with Crippen LogP contribution in [0.3, 0.4) is 0 Å². The number of anilines is 1. The van der Waals surface area contributed by atoms with Crippen LogP contribution < -0.4 is 21.3 Å². The molecule has 8 nitrogen and oxygen atoms in total. The lowest BCUT2D eigenvalue weighted by atomic mass is 10.1. The molecule has 0 fully saturated rings. The molecule has 3 aromatic rings. The van der Waals surface area contributed by atoms with Gasteiger partial charge in [0.2, 0.25) is 5.91 Å². The maximum absolute atomic E-state index is 12.2. The zero-order chi connectivity index (χ0) is 18.7. The van der Waals surface area contributed by atoms with Crippen molar-refractivity contribution in [2.24, 2.45) is 0 Å². The summed E-state index contributed by atoms with van der Waals surface area (Å²) in [7, 11) is 1.60. The van der Waals surface area contributed by atoms with Crippen LogP contribution in [-0.2, 0) is 11.2 Å². The summed E-state index contributed by atoms with van der Waals surface area (Å²) in [5, 5.41) is 4.93. The van der Waals surface area contributed by atoms with Crippen LogP contribution in [0.15, 0.2) is 39.2 Å². The first-order chi connectivity index (χ1) is 12.5. The highest BCUT2D eigenvalue weighted by atomic mass is 32.1. The van der Waals surface area contributed by atoms with Crippen LogP contribution in [0.25, 0.3) is 11.3 Å². The minimum absolute atomic E-state index is 0.157. The number of nitrogens with one attached hydrogen (secondary N) is 3. The van der Waals surface area contributed by atoms with Crippen LogP contribution in [0.5, 0.6) is 5.75 Å². The number of thiazole rings is 1. The van der Waals surface area contributed by atoms with Crippen molar-refractivity contribution < 1.29 is 9.53 Å². The van der Waals surface area contributed by atoms with Gasteiger partial charge in [-0.15, -0.1) is 11.3 Å². The number of benzene rings is 1. The zero-order valence-electron chi connectivity index (χ0n) is 14.1. The summed E-state index contributed by atoms with van der Waals surface area (Å²) in [5.74, 6) is 0.361. The summed E-state index contributed by atoms with van der Waals surface area (Å²) < 4.78 is 5.12. The molecule has 0 radical (unpaired) electrons. The van der Waals surface area contributed by atoms with E-state index >= 15 is 0 Å². The number of carbonyl (C=O) groups is 1. The molecule has 9 heteroatoms. The molecule has 3 rings (SSSR count). The van der Waals surface area contributed by atoms with Crippen molar-refractivity contribution in [3.8, 4) is 17.0 Å². The number of methoxy groups -OCH3 is 1. The average Bonchev–Trinajstić information content (AvgIpc) is 3.06. The Kier molecular flexibility index (Phi) is 4.99. The SMILES string of the molecule is COc1ccc(-c2csc(NC(=O)Cc3c(C)[nH]c(=O)[nH]c3=O)n2)cc1. The molecule has 1 amide bonds. The number of aromatic amines is 2. The van der Waals surface area contributed by atoms with E-state index < -0.39 is 11.2 Å². The molecule has 0 saturated heterocycles. The second-order valence-corrected chi connectivity index (χ2v) is 6.36. The van der Waals surface area contributed by atoms with E-state index in [9.17, 15) is 14.4 Å². The van der Waals surface area contributed by atoms with Crippen LogP contribution in [0.4, 0.5) is 5.13 Å². The lowest BCUT2D eigenvalue weighted by Gasteiger charge is -2.04. The first-order valence-electron chi connectivity index (χ1n) is 7.68. The van der Waals surface area contributed by atoms with Crippen LogP contribution in [0.1, 0.15) is 11.3 Å². The molecule has 0 aliphatic carbocycles. The first kappa shape index (κ1) is 17.6. The van der Waals surface area contributed by atoms with Gasteiger partial charge in [0.1, 0.15) is 5.75 Å². The molecule has 2 heterocycles.